The van der Waals surface area contributed by atoms with Gasteiger partial charge in [-0.05, 0) is 124 Å². The van der Waals surface area contributed by atoms with Gasteiger partial charge in [0, 0.05) is 42.5 Å². The molecule has 7 amide bonds. The van der Waals surface area contributed by atoms with Crippen LogP contribution in [-0.4, -0.2) is 120 Å². The zero-order valence-electron chi connectivity index (χ0n) is 44.1. The summed E-state index contributed by atoms with van der Waals surface area (Å²) in [6.07, 6.45) is 1.72. The lowest BCUT2D eigenvalue weighted by Crippen LogP contribution is -2.57. The van der Waals surface area contributed by atoms with Gasteiger partial charge in [0.2, 0.25) is 17.7 Å². The summed E-state index contributed by atoms with van der Waals surface area (Å²) < 4.78 is 10.7. The number of fused-ring (bicyclic) bond motifs is 1. The van der Waals surface area contributed by atoms with E-state index in [1.807, 2.05) is 24.3 Å². The number of nitrogens with one attached hydrogen (secondary N) is 5. The topological polar surface area (TPSA) is 242 Å². The van der Waals surface area contributed by atoms with Gasteiger partial charge in [0.15, 0.2) is 0 Å². The maximum absolute atomic E-state index is 14.9. The SMILES string of the molecule is CC[C@H](C[C@H](NC(=O)OCc1ccccc1)C(=O)O)NC(=O)c1ccc(C(=O)Nc2ccc(C[C@H](NC(=O)[C@H](C)N(C)C(=O)OC(C)(C)C)C(=O)N3C[Si](C)(C)C[C@H]3C(=O)N[C@@H]3CCCc4ccccc43)cc2)cc1. The van der Waals surface area contributed by atoms with Gasteiger partial charge in [0.1, 0.15) is 36.4 Å². The van der Waals surface area contributed by atoms with Crippen molar-refractivity contribution in [2.75, 3.05) is 18.5 Å². The number of nitrogens with zero attached hydrogens (tertiary/aromatic N) is 2. The lowest BCUT2D eigenvalue weighted by molar-refractivity contribution is -0.141. The summed E-state index contributed by atoms with van der Waals surface area (Å²) in [6.45, 7) is 12.7. The fraction of sp³-hybridized carbons (Fsp3) is 0.429. The molecule has 19 heteroatoms. The Balaban J connectivity index is 1.10. The number of amides is 7. The van der Waals surface area contributed by atoms with E-state index < -0.39 is 85.7 Å². The lowest BCUT2D eigenvalue weighted by atomic mass is 9.87. The number of aryl methyl sites for hydroxylation is 1. The number of anilines is 1. The summed E-state index contributed by atoms with van der Waals surface area (Å²) in [6, 6.07) is 25.2. The Morgan fingerprint density at radius 3 is 2.08 bits per heavy atom. The minimum atomic E-state index is -2.11. The van der Waals surface area contributed by atoms with E-state index in [9.17, 15) is 43.5 Å². The van der Waals surface area contributed by atoms with Gasteiger partial charge in [0.25, 0.3) is 11.8 Å². The van der Waals surface area contributed by atoms with E-state index in [2.05, 4.69) is 45.7 Å². The van der Waals surface area contributed by atoms with E-state index in [1.54, 1.807) is 88.0 Å². The van der Waals surface area contributed by atoms with Crippen LogP contribution >= 0.6 is 0 Å². The zero-order valence-corrected chi connectivity index (χ0v) is 45.1. The highest BCUT2D eigenvalue weighted by Crippen LogP contribution is 2.32. The van der Waals surface area contributed by atoms with E-state index in [0.29, 0.717) is 29.9 Å². The second kappa shape index (κ2) is 25.1. The Bertz CT molecular complexity index is 2700. The van der Waals surface area contributed by atoms with Crippen molar-refractivity contribution in [1.29, 1.82) is 0 Å². The third-order valence-electron chi connectivity index (χ3n) is 13.5. The second-order valence-corrected chi connectivity index (χ2v) is 26.2. The van der Waals surface area contributed by atoms with Crippen LogP contribution in [0.15, 0.2) is 103 Å². The van der Waals surface area contributed by atoms with E-state index in [-0.39, 0.29) is 42.5 Å². The number of rotatable bonds is 19. The number of benzene rings is 4. The summed E-state index contributed by atoms with van der Waals surface area (Å²) in [5.41, 5.74) is 3.74. The summed E-state index contributed by atoms with van der Waals surface area (Å²) >= 11 is 0. The van der Waals surface area contributed by atoms with Crippen LogP contribution in [-0.2, 0) is 48.1 Å². The average molecular weight is 1050 g/mol. The number of carbonyl (C=O) groups excluding carboxylic acids is 7. The summed E-state index contributed by atoms with van der Waals surface area (Å²) in [4.78, 5) is 110. The van der Waals surface area contributed by atoms with Crippen LogP contribution in [0.25, 0.3) is 0 Å². The number of aliphatic carboxylic acids is 1. The summed E-state index contributed by atoms with van der Waals surface area (Å²) in [5.74, 6) is -3.50. The molecule has 0 spiro atoms. The van der Waals surface area contributed by atoms with Crippen LogP contribution in [0.3, 0.4) is 0 Å². The standard InChI is InChI=1S/C56H71N7O11Si/c1-9-41(31-46(53(69)70)61-54(71)73-32-37-16-11-10-12-17-37)57-49(65)39-24-26-40(27-25-39)50(66)58-42-28-22-36(23-29-42)30-45(60-48(64)35(2)62(6)55(72)74-56(3,4)5)52(68)63-34-75(7,8)33-47(63)51(67)59-44-21-15-19-38-18-13-14-20-43(38)44/h10-14,16-18,20,22-29,35,41,44-47H,9,15,19,21,30-34H2,1-8H3,(H,57,65)(H,58,66)(H,59,67)(H,60,64)(H,61,71)(H,69,70)/t35-,41+,44+,45-,46-,47-/m0/s1. The number of likely N-dealkylation sites (N-methyl/N-ethyl adjacent to an activating group) is 1. The molecule has 6 N–H and O–H groups in total. The lowest BCUT2D eigenvalue weighted by Gasteiger charge is -2.33. The molecule has 400 valence electrons. The molecule has 1 saturated heterocycles. The quantitative estimate of drug-likeness (QED) is 0.0515. The highest BCUT2D eigenvalue weighted by atomic mass is 28.3. The molecule has 0 bridgehead atoms. The van der Waals surface area contributed by atoms with Gasteiger partial charge < -0.3 is 46.1 Å². The average Bonchev–Trinajstić information content (AvgIpc) is 3.72. The Morgan fingerprint density at radius 2 is 1.44 bits per heavy atom. The van der Waals surface area contributed by atoms with Gasteiger partial charge >= 0.3 is 18.2 Å². The van der Waals surface area contributed by atoms with Crippen molar-refractivity contribution in [3.63, 3.8) is 0 Å². The predicted octanol–water partition coefficient (Wildman–Crippen LogP) is 7.15. The molecule has 0 aromatic heterocycles. The number of ether oxygens (including phenoxy) is 2. The van der Waals surface area contributed by atoms with Crippen LogP contribution in [0.5, 0.6) is 0 Å². The molecule has 6 atom stereocenters. The zero-order chi connectivity index (χ0) is 54.6. The monoisotopic (exact) mass is 1050 g/mol. The maximum atomic E-state index is 14.9. The van der Waals surface area contributed by atoms with E-state index in [1.165, 1.54) is 41.8 Å². The van der Waals surface area contributed by atoms with Crippen molar-refractivity contribution in [3.8, 4) is 0 Å². The van der Waals surface area contributed by atoms with Crippen LogP contribution in [0.1, 0.15) is 109 Å². The van der Waals surface area contributed by atoms with E-state index in [4.69, 9.17) is 9.47 Å². The highest BCUT2D eigenvalue weighted by Gasteiger charge is 2.47. The third-order valence-corrected chi connectivity index (χ3v) is 16.1. The summed E-state index contributed by atoms with van der Waals surface area (Å²) in [5, 5.41) is 24.0. The van der Waals surface area contributed by atoms with Crippen molar-refractivity contribution >= 4 is 61.5 Å². The first-order chi connectivity index (χ1) is 35.5. The number of carbonyl (C=O) groups is 8. The third kappa shape index (κ3) is 16.0. The Morgan fingerprint density at radius 1 is 0.800 bits per heavy atom. The van der Waals surface area contributed by atoms with E-state index >= 15 is 0 Å². The van der Waals surface area contributed by atoms with Gasteiger partial charge in [-0.25, -0.2) is 14.4 Å². The highest BCUT2D eigenvalue weighted by molar-refractivity contribution is 6.79. The molecule has 4 aromatic carbocycles. The molecule has 0 saturated carbocycles. The number of alkyl carbamates (subject to hydrolysis) is 1. The molecule has 18 nitrogen and oxygen atoms in total. The van der Waals surface area contributed by atoms with Gasteiger partial charge in [-0.1, -0.05) is 86.7 Å². The smallest absolute Gasteiger partial charge is 0.410 e. The van der Waals surface area contributed by atoms with Crippen LogP contribution < -0.4 is 26.6 Å². The van der Waals surface area contributed by atoms with Crippen LogP contribution in [0.4, 0.5) is 15.3 Å². The minimum Gasteiger partial charge on any atom is -0.480 e. The number of hydrogen-bond donors (Lipinski definition) is 6. The molecule has 1 fully saturated rings. The van der Waals surface area contributed by atoms with Gasteiger partial charge in [-0.3, -0.25) is 28.9 Å². The number of carboxylic acids is 1. The van der Waals surface area contributed by atoms with Gasteiger partial charge in [0.05, 0.1) is 14.1 Å². The number of hydrogen-bond acceptors (Lipinski definition) is 10. The molecule has 1 heterocycles. The Hall–Kier alpha value is -7.54. The fourth-order valence-electron chi connectivity index (χ4n) is 9.21. The molecule has 75 heavy (non-hydrogen) atoms. The van der Waals surface area contributed by atoms with Crippen molar-refractivity contribution in [3.05, 3.63) is 137 Å². The second-order valence-electron chi connectivity index (χ2n) is 21.2. The molecular weight excluding hydrogens is 975 g/mol. The van der Waals surface area contributed by atoms with Crippen molar-refractivity contribution < 1.29 is 52.9 Å². The van der Waals surface area contributed by atoms with Crippen molar-refractivity contribution in [2.24, 2.45) is 0 Å². The predicted molar refractivity (Wildman–Crippen MR) is 285 cm³/mol. The molecule has 0 radical (unpaired) electrons. The molecule has 1 aliphatic heterocycles. The van der Waals surface area contributed by atoms with Gasteiger partial charge in [-0.15, -0.1) is 0 Å². The number of carboxylic acid groups (broad SMARTS) is 1. The van der Waals surface area contributed by atoms with Crippen LogP contribution in [0, 0.1) is 0 Å². The van der Waals surface area contributed by atoms with Gasteiger partial charge in [-0.2, -0.15) is 0 Å². The molecular formula is C56H71N7O11Si. The molecule has 0 unspecified atom stereocenters. The largest absolute Gasteiger partial charge is 0.480 e. The first kappa shape index (κ1) is 56.7. The van der Waals surface area contributed by atoms with Crippen molar-refractivity contribution in [2.45, 2.75) is 141 Å². The normalized spacial score (nSPS) is 17.4. The molecule has 1 aliphatic carbocycles. The molecule has 2 aliphatic rings. The van der Waals surface area contributed by atoms with Crippen molar-refractivity contribution in [1.82, 2.24) is 31.1 Å². The first-order valence-electron chi connectivity index (χ1n) is 25.5. The van der Waals surface area contributed by atoms with E-state index in [0.717, 1.165) is 30.4 Å². The Labute approximate surface area is 439 Å². The maximum Gasteiger partial charge on any atom is 0.410 e. The fourth-order valence-corrected chi connectivity index (χ4v) is 12.1. The minimum absolute atomic E-state index is 0.0294. The molecule has 4 aromatic rings. The molecule has 6 rings (SSSR count). The Kier molecular flexibility index (Phi) is 19.0. The summed E-state index contributed by atoms with van der Waals surface area (Å²) in [7, 11) is -0.658. The van der Waals surface area contributed by atoms with Crippen LogP contribution in [0.2, 0.25) is 19.1 Å². The first-order valence-corrected chi connectivity index (χ1v) is 28.9.